The molecule has 2 saturated carbocycles. The van der Waals surface area contributed by atoms with Gasteiger partial charge in [0.15, 0.2) is 0 Å². The third-order valence-electron chi connectivity index (χ3n) is 5.82. The molecule has 0 aromatic heterocycles. The van der Waals surface area contributed by atoms with Crippen molar-refractivity contribution in [2.75, 3.05) is 19.8 Å². The molecule has 0 spiro atoms. The molecule has 3 aliphatic rings. The third-order valence-corrected chi connectivity index (χ3v) is 7.60. The van der Waals surface area contributed by atoms with Crippen LogP contribution in [0.25, 0.3) is 0 Å². The number of hydrogen-bond donors (Lipinski definition) is 0. The molecule has 0 aromatic rings. The largest absolute Gasteiger partial charge is 0.462 e. The maximum absolute atomic E-state index is 11.9. The molecule has 5 unspecified atom stereocenters. The van der Waals surface area contributed by atoms with Crippen LogP contribution in [0.1, 0.15) is 40.0 Å². The van der Waals surface area contributed by atoms with Gasteiger partial charge in [0.25, 0.3) is 10.1 Å². The molecular formula is C17H26O8S. The van der Waals surface area contributed by atoms with Gasteiger partial charge in [0, 0.05) is 5.92 Å². The summed E-state index contributed by atoms with van der Waals surface area (Å²) in [6, 6.07) is 0. The van der Waals surface area contributed by atoms with Crippen LogP contribution in [-0.2, 0) is 38.1 Å². The molecule has 9 heteroatoms. The van der Waals surface area contributed by atoms with Gasteiger partial charge >= 0.3 is 11.9 Å². The Balaban J connectivity index is 1.36. The van der Waals surface area contributed by atoms with Crippen molar-refractivity contribution in [1.82, 2.24) is 0 Å². The number of rotatable bonds is 8. The van der Waals surface area contributed by atoms with Gasteiger partial charge in [0.05, 0.1) is 16.8 Å². The van der Waals surface area contributed by atoms with E-state index in [0.29, 0.717) is 12.8 Å². The van der Waals surface area contributed by atoms with Crippen molar-refractivity contribution in [3.8, 4) is 0 Å². The van der Waals surface area contributed by atoms with Gasteiger partial charge < -0.3 is 14.2 Å². The van der Waals surface area contributed by atoms with E-state index in [1.165, 1.54) is 0 Å². The summed E-state index contributed by atoms with van der Waals surface area (Å²) < 4.78 is 44.6. The molecular weight excluding hydrogens is 364 g/mol. The zero-order chi connectivity index (χ0) is 19.1. The van der Waals surface area contributed by atoms with Crippen molar-refractivity contribution < 1.29 is 36.4 Å². The number of ether oxygens (including phenoxy) is 3. The lowest BCUT2D eigenvalue weighted by Crippen LogP contribution is -2.37. The summed E-state index contributed by atoms with van der Waals surface area (Å²) in [5.41, 5.74) is -0.561. The van der Waals surface area contributed by atoms with Gasteiger partial charge in [-0.25, -0.2) is 4.79 Å². The van der Waals surface area contributed by atoms with Gasteiger partial charge in [0.2, 0.25) is 0 Å². The number of esters is 2. The average Bonchev–Trinajstić information content (AvgIpc) is 3.19. The molecule has 0 N–H and O–H groups in total. The van der Waals surface area contributed by atoms with Crippen molar-refractivity contribution in [3.63, 3.8) is 0 Å². The minimum atomic E-state index is -3.49. The zero-order valence-corrected chi connectivity index (χ0v) is 16.1. The maximum Gasteiger partial charge on any atom is 0.332 e. The molecule has 148 valence electrons. The van der Waals surface area contributed by atoms with Gasteiger partial charge in [0.1, 0.15) is 25.9 Å². The van der Waals surface area contributed by atoms with E-state index < -0.39 is 32.9 Å². The SMILES string of the molecule is CCC(C)(C)C(=O)OCCOC(=O)COC1C2CC3C1OS(=O)(=O)C3C2. The summed E-state index contributed by atoms with van der Waals surface area (Å²) in [6.07, 6.45) is 1.09. The number of carbonyl (C=O) groups excluding carboxylic acids is 2. The van der Waals surface area contributed by atoms with Gasteiger partial charge in [-0.05, 0) is 39.0 Å². The van der Waals surface area contributed by atoms with E-state index in [4.69, 9.17) is 18.4 Å². The monoisotopic (exact) mass is 390 g/mol. The fourth-order valence-corrected chi connectivity index (χ4v) is 5.83. The van der Waals surface area contributed by atoms with Crippen LogP contribution < -0.4 is 0 Å². The van der Waals surface area contributed by atoms with Crippen LogP contribution in [0.3, 0.4) is 0 Å². The second kappa shape index (κ2) is 7.09. The van der Waals surface area contributed by atoms with Crippen LogP contribution in [0, 0.1) is 17.3 Å². The highest BCUT2D eigenvalue weighted by Gasteiger charge is 2.64. The quantitative estimate of drug-likeness (QED) is 0.344. The maximum atomic E-state index is 11.9. The second-order valence-corrected chi connectivity index (χ2v) is 9.64. The van der Waals surface area contributed by atoms with Gasteiger partial charge in [-0.2, -0.15) is 8.42 Å². The Labute approximate surface area is 153 Å². The topological polar surface area (TPSA) is 105 Å². The smallest absolute Gasteiger partial charge is 0.332 e. The minimum Gasteiger partial charge on any atom is -0.462 e. The van der Waals surface area contributed by atoms with Gasteiger partial charge in [-0.15, -0.1) is 0 Å². The minimum absolute atomic E-state index is 0.00616. The summed E-state index contributed by atoms with van der Waals surface area (Å²) in [7, 11) is -3.49. The van der Waals surface area contributed by atoms with E-state index >= 15 is 0 Å². The Morgan fingerprint density at radius 3 is 2.54 bits per heavy atom. The fraction of sp³-hybridized carbons (Fsp3) is 0.882. The number of fused-ring (bicyclic) bond motifs is 1. The highest BCUT2D eigenvalue weighted by atomic mass is 32.2. The predicted octanol–water partition coefficient (Wildman–Crippen LogP) is 1.03. The van der Waals surface area contributed by atoms with E-state index in [9.17, 15) is 18.0 Å². The van der Waals surface area contributed by atoms with Crippen LogP contribution >= 0.6 is 0 Å². The van der Waals surface area contributed by atoms with E-state index in [-0.39, 0.29) is 43.7 Å². The molecule has 1 aliphatic heterocycles. The molecule has 0 amide bonds. The van der Waals surface area contributed by atoms with Gasteiger partial charge in [-0.1, -0.05) is 6.92 Å². The van der Waals surface area contributed by atoms with Gasteiger partial charge in [-0.3, -0.25) is 8.98 Å². The van der Waals surface area contributed by atoms with Crippen LogP contribution in [0.4, 0.5) is 0 Å². The zero-order valence-electron chi connectivity index (χ0n) is 15.3. The van der Waals surface area contributed by atoms with E-state index in [1.807, 2.05) is 6.92 Å². The molecule has 3 fully saturated rings. The molecule has 5 atom stereocenters. The highest BCUT2D eigenvalue weighted by molar-refractivity contribution is 7.87. The summed E-state index contributed by atoms with van der Waals surface area (Å²) in [5.74, 6) is -0.816. The second-order valence-electron chi connectivity index (χ2n) is 7.86. The van der Waals surface area contributed by atoms with Crippen molar-refractivity contribution in [2.24, 2.45) is 17.3 Å². The Hall–Kier alpha value is -1.19. The standard InChI is InChI=1S/C17H26O8S/c1-4-17(2,3)16(19)23-6-5-22-13(18)9-24-14-10-7-11-12(8-10)26(20,21)25-15(11)14/h10-12,14-15H,4-9H2,1-3H3. The first kappa shape index (κ1) is 19.6. The summed E-state index contributed by atoms with van der Waals surface area (Å²) >= 11 is 0. The van der Waals surface area contributed by atoms with Crippen LogP contribution in [0.5, 0.6) is 0 Å². The fourth-order valence-electron chi connectivity index (χ4n) is 3.95. The predicted molar refractivity (Wildman–Crippen MR) is 89.5 cm³/mol. The number of carbonyl (C=O) groups is 2. The Kier molecular flexibility index (Phi) is 5.33. The molecule has 0 radical (unpaired) electrons. The molecule has 2 aliphatic carbocycles. The molecule has 1 saturated heterocycles. The van der Waals surface area contributed by atoms with Crippen LogP contribution in [0.15, 0.2) is 0 Å². The van der Waals surface area contributed by atoms with Crippen molar-refractivity contribution >= 4 is 22.1 Å². The average molecular weight is 390 g/mol. The molecule has 8 nitrogen and oxygen atoms in total. The van der Waals surface area contributed by atoms with Crippen molar-refractivity contribution in [1.29, 1.82) is 0 Å². The molecule has 1 heterocycles. The van der Waals surface area contributed by atoms with Crippen LogP contribution in [0.2, 0.25) is 0 Å². The summed E-state index contributed by atoms with van der Waals surface area (Å²) in [4.78, 5) is 23.6. The Morgan fingerprint density at radius 1 is 1.15 bits per heavy atom. The first-order valence-corrected chi connectivity index (χ1v) is 10.5. The van der Waals surface area contributed by atoms with E-state index in [0.717, 1.165) is 6.42 Å². The van der Waals surface area contributed by atoms with Crippen LogP contribution in [-0.4, -0.2) is 57.6 Å². The number of hydrogen-bond acceptors (Lipinski definition) is 8. The summed E-state index contributed by atoms with van der Waals surface area (Å²) in [5, 5.41) is -0.411. The molecule has 0 aromatic carbocycles. The normalized spacial score (nSPS) is 34.0. The van der Waals surface area contributed by atoms with Crippen molar-refractivity contribution in [3.05, 3.63) is 0 Å². The van der Waals surface area contributed by atoms with E-state index in [2.05, 4.69) is 0 Å². The first-order chi connectivity index (χ1) is 12.2. The molecule has 3 rings (SSSR count). The molecule has 2 bridgehead atoms. The third kappa shape index (κ3) is 3.61. The molecule has 26 heavy (non-hydrogen) atoms. The van der Waals surface area contributed by atoms with E-state index in [1.54, 1.807) is 13.8 Å². The highest BCUT2D eigenvalue weighted by Crippen LogP contribution is 2.55. The lowest BCUT2D eigenvalue weighted by molar-refractivity contribution is -0.162. The first-order valence-electron chi connectivity index (χ1n) is 9.02. The summed E-state index contributed by atoms with van der Waals surface area (Å²) in [6.45, 7) is 5.16. The lowest BCUT2D eigenvalue weighted by Gasteiger charge is -2.24. The Morgan fingerprint density at radius 2 is 1.85 bits per heavy atom. The van der Waals surface area contributed by atoms with Crippen molar-refractivity contribution in [2.45, 2.75) is 57.5 Å². The lowest BCUT2D eigenvalue weighted by atomic mass is 9.91. The Bertz CT molecular complexity index is 670.